The Morgan fingerprint density at radius 1 is 0.554 bits per heavy atom. The van der Waals surface area contributed by atoms with E-state index in [1.165, 1.54) is 33.4 Å². The Bertz CT molecular complexity index is 2880. The fraction of sp³-hybridized carbons (Fsp3) is 0.120. The maximum Gasteiger partial charge on any atom is 2.00 e. The van der Waals surface area contributed by atoms with Gasteiger partial charge in [0.25, 0.3) is 0 Å². The third kappa shape index (κ3) is 6.26. The van der Waals surface area contributed by atoms with Crippen molar-refractivity contribution < 1.29 is 25.2 Å². The molecule has 3 aromatic heterocycles. The molecule has 276 valence electrons. The molecule has 0 unspecified atom stereocenters. The molecule has 6 heteroatoms. The Kier molecular flexibility index (Phi) is 9.80. The molecule has 5 nitrogen and oxygen atoms in total. The van der Waals surface area contributed by atoms with Crippen LogP contribution in [0.3, 0.4) is 0 Å². The van der Waals surface area contributed by atoms with Gasteiger partial charge in [0.15, 0.2) is 0 Å². The summed E-state index contributed by atoms with van der Waals surface area (Å²) in [6.07, 6.45) is 1.85. The zero-order valence-electron chi connectivity index (χ0n) is 32.2. The molecule has 0 saturated heterocycles. The maximum atomic E-state index is 6.61. The molecule has 6 aromatic carbocycles. The second-order valence-corrected chi connectivity index (χ2v) is 14.3. The summed E-state index contributed by atoms with van der Waals surface area (Å²) in [5.74, 6) is 2.00. The van der Waals surface area contributed by atoms with Gasteiger partial charge in [0, 0.05) is 39.9 Å². The van der Waals surface area contributed by atoms with E-state index in [0.29, 0.717) is 11.5 Å². The van der Waals surface area contributed by atoms with Crippen LogP contribution in [0.4, 0.5) is 0 Å². The van der Waals surface area contributed by atoms with Gasteiger partial charge in [0.05, 0.1) is 5.69 Å². The quantitative estimate of drug-likeness (QED) is 0.119. The first kappa shape index (κ1) is 36.9. The number of hydrogen-bond acceptors (Lipinski definition) is 3. The van der Waals surface area contributed by atoms with Gasteiger partial charge in [-0.1, -0.05) is 84.4 Å². The minimum atomic E-state index is 0. The molecule has 9 rings (SSSR count). The number of nitrogens with zero attached hydrogens (tertiary/aromatic N) is 4. The Hall–Kier alpha value is -6.06. The summed E-state index contributed by atoms with van der Waals surface area (Å²) in [4.78, 5) is 4.74. The van der Waals surface area contributed by atoms with E-state index in [0.717, 1.165) is 67.0 Å². The molecule has 9 aromatic rings. The van der Waals surface area contributed by atoms with Gasteiger partial charge >= 0.3 is 20.4 Å². The Labute approximate surface area is 341 Å². The smallest absolute Gasteiger partial charge is 0.509 e. The summed E-state index contributed by atoms with van der Waals surface area (Å²) >= 11 is 0. The first-order chi connectivity index (χ1) is 26.8. The topological polar surface area (TPSA) is 44.9 Å². The predicted molar refractivity (Wildman–Crippen MR) is 225 cm³/mol. The van der Waals surface area contributed by atoms with Crippen molar-refractivity contribution >= 4 is 21.8 Å². The van der Waals surface area contributed by atoms with Crippen LogP contribution in [-0.4, -0.2) is 19.3 Å². The van der Waals surface area contributed by atoms with Crippen LogP contribution in [0.1, 0.15) is 33.4 Å². The van der Waals surface area contributed by atoms with Gasteiger partial charge in [-0.15, -0.1) is 35.7 Å². The number of benzene rings is 6. The summed E-state index contributed by atoms with van der Waals surface area (Å²) < 4.78 is 10.8. The Balaban J connectivity index is 0.00000441. The van der Waals surface area contributed by atoms with E-state index in [1.54, 1.807) is 0 Å². The largest absolute Gasteiger partial charge is 2.00 e. The van der Waals surface area contributed by atoms with Gasteiger partial charge in [-0.2, -0.15) is 17.2 Å². The normalized spacial score (nSPS) is 11.2. The number of para-hydroxylation sites is 1. The van der Waals surface area contributed by atoms with Crippen LogP contribution in [0.25, 0.3) is 67.0 Å². The van der Waals surface area contributed by atoms with E-state index in [9.17, 15) is 0 Å². The number of rotatable bonds is 7. The number of aromatic nitrogens is 4. The van der Waals surface area contributed by atoms with Gasteiger partial charge in [0.1, 0.15) is 11.5 Å². The number of pyridine rings is 1. The second kappa shape index (κ2) is 14.9. The first-order valence-corrected chi connectivity index (χ1v) is 18.7. The van der Waals surface area contributed by atoms with Crippen molar-refractivity contribution in [1.29, 1.82) is 0 Å². The Morgan fingerprint density at radius 2 is 1.20 bits per heavy atom. The fourth-order valence-electron chi connectivity index (χ4n) is 7.92. The third-order valence-corrected chi connectivity index (χ3v) is 11.1. The van der Waals surface area contributed by atoms with Crippen molar-refractivity contribution in [2.45, 2.75) is 41.5 Å². The molecule has 0 aliphatic rings. The predicted octanol–water partition coefficient (Wildman–Crippen LogP) is 12.6. The van der Waals surface area contributed by atoms with Gasteiger partial charge in [0.2, 0.25) is 0 Å². The summed E-state index contributed by atoms with van der Waals surface area (Å²) in [5, 5.41) is 7.67. The van der Waals surface area contributed by atoms with E-state index in [1.807, 2.05) is 41.2 Å². The average molecular weight is 819 g/mol. The summed E-state index contributed by atoms with van der Waals surface area (Å²) in [6, 6.07) is 50.8. The van der Waals surface area contributed by atoms with Crippen molar-refractivity contribution in [2.75, 3.05) is 0 Å². The van der Waals surface area contributed by atoms with Gasteiger partial charge < -0.3 is 9.30 Å². The Morgan fingerprint density at radius 3 is 1.91 bits per heavy atom. The minimum absolute atomic E-state index is 0. The van der Waals surface area contributed by atoms with Gasteiger partial charge in [-0.3, -0.25) is 4.68 Å². The van der Waals surface area contributed by atoms with Gasteiger partial charge in [-0.25, -0.2) is 4.98 Å². The molecular formula is C50H40N4OPd. The number of ether oxygens (including phenoxy) is 1. The molecule has 0 bridgehead atoms. The fourth-order valence-corrected chi connectivity index (χ4v) is 7.92. The SMILES string of the molecule is Cc1ccnc(-n2c3[c-]c(Oc4[c-]c(-n5nc(-c6ccccc6)c(-c6c(C)c(C)c(C)c(C)c6C)c5-c5ccccc5)ccc4)ccc3c3ccccc32)c1.[Pd+2]. The molecule has 3 heterocycles. The first-order valence-electron chi connectivity index (χ1n) is 18.7. The average Bonchev–Trinajstić information content (AvgIpc) is 3.77. The zero-order chi connectivity index (χ0) is 37.8. The number of hydrogen-bond donors (Lipinski definition) is 0. The van der Waals surface area contributed by atoms with E-state index in [2.05, 4.69) is 155 Å². The molecule has 0 spiro atoms. The molecular weight excluding hydrogens is 779 g/mol. The van der Waals surface area contributed by atoms with Crippen LogP contribution in [-0.2, 0) is 20.4 Å². The third-order valence-electron chi connectivity index (χ3n) is 11.1. The summed E-state index contributed by atoms with van der Waals surface area (Å²) in [5.41, 5.74) is 16.7. The van der Waals surface area contributed by atoms with E-state index < -0.39 is 0 Å². The van der Waals surface area contributed by atoms with Gasteiger partial charge in [-0.05, 0) is 110 Å². The van der Waals surface area contributed by atoms with Crippen LogP contribution >= 0.6 is 0 Å². The van der Waals surface area contributed by atoms with Crippen molar-refractivity contribution in [3.8, 4) is 56.6 Å². The second-order valence-electron chi connectivity index (χ2n) is 14.3. The molecule has 0 aliphatic carbocycles. The molecule has 0 atom stereocenters. The molecule has 56 heavy (non-hydrogen) atoms. The maximum absolute atomic E-state index is 6.61. The van der Waals surface area contributed by atoms with Crippen molar-refractivity contribution in [3.63, 3.8) is 0 Å². The molecule has 0 fully saturated rings. The minimum Gasteiger partial charge on any atom is -0.509 e. The van der Waals surface area contributed by atoms with Crippen LogP contribution < -0.4 is 4.74 Å². The van der Waals surface area contributed by atoms with E-state index in [-0.39, 0.29) is 20.4 Å². The summed E-state index contributed by atoms with van der Waals surface area (Å²) in [7, 11) is 0. The van der Waals surface area contributed by atoms with Crippen LogP contribution in [0.5, 0.6) is 11.5 Å². The number of fused-ring (bicyclic) bond motifs is 3. The van der Waals surface area contributed by atoms with E-state index >= 15 is 0 Å². The van der Waals surface area contributed by atoms with Crippen LogP contribution in [0, 0.1) is 53.7 Å². The van der Waals surface area contributed by atoms with Crippen LogP contribution in [0.15, 0.2) is 134 Å². The summed E-state index contributed by atoms with van der Waals surface area (Å²) in [6.45, 7) is 13.3. The molecule has 0 saturated carbocycles. The van der Waals surface area contributed by atoms with Crippen LogP contribution in [0.2, 0.25) is 0 Å². The standard InChI is InChI=1S/C50H40N4O.Pd/c1-31-26-27-51-46(28-31)53-44-23-14-13-22-42(44)43-25-24-41(30-45(43)53)55-40-21-15-20-39(29-40)54-50(38-18-11-8-12-19-38)48(49(52-54)37-16-9-7-10-17-37)47-35(5)33(3)32(2)34(4)36(47)6;/h7-28H,1-6H3;/q-2;+2. The number of aryl methyl sites for hydroxylation is 1. The monoisotopic (exact) mass is 818 g/mol. The molecule has 0 aliphatic heterocycles. The molecule has 0 radical (unpaired) electrons. The zero-order valence-corrected chi connectivity index (χ0v) is 33.8. The molecule has 0 amide bonds. The van der Waals surface area contributed by atoms with E-state index in [4.69, 9.17) is 14.8 Å². The molecule has 0 N–H and O–H groups in total. The van der Waals surface area contributed by atoms with Crippen molar-refractivity contribution in [2.24, 2.45) is 0 Å². The van der Waals surface area contributed by atoms with Crippen molar-refractivity contribution in [1.82, 2.24) is 19.3 Å². The van der Waals surface area contributed by atoms with Crippen molar-refractivity contribution in [3.05, 3.63) is 179 Å².